The molecule has 2 aromatic heterocycles. The average molecular weight is 260 g/mol. The van der Waals surface area contributed by atoms with Crippen LogP contribution < -0.4 is 5.32 Å². The predicted octanol–water partition coefficient (Wildman–Crippen LogP) is 3.11. The summed E-state index contributed by atoms with van der Waals surface area (Å²) in [5.41, 5.74) is 3.15. The molecule has 1 N–H and O–H groups in total. The maximum Gasteiger partial charge on any atom is 0.103 e. The molecule has 0 atom stereocenters. The lowest BCUT2D eigenvalue weighted by atomic mass is 10.1. The van der Waals surface area contributed by atoms with E-state index in [1.54, 1.807) is 12.4 Å². The highest BCUT2D eigenvalue weighted by molar-refractivity contribution is 5.93. The van der Waals surface area contributed by atoms with Crippen molar-refractivity contribution in [2.75, 3.05) is 5.32 Å². The quantitative estimate of drug-likeness (QED) is 0.786. The Kier molecular flexibility index (Phi) is 3.25. The molecule has 0 radical (unpaired) electrons. The predicted molar refractivity (Wildman–Crippen MR) is 78.0 cm³/mol. The van der Waals surface area contributed by atoms with Crippen LogP contribution in [-0.2, 0) is 6.54 Å². The second kappa shape index (κ2) is 5.37. The lowest BCUT2D eigenvalue weighted by molar-refractivity contribution is 1.05. The van der Waals surface area contributed by atoms with Crippen LogP contribution in [0.3, 0.4) is 0 Å². The van der Waals surface area contributed by atoms with Gasteiger partial charge < -0.3 is 5.32 Å². The molecule has 2 heterocycles. The molecular formula is C16H12N4. The van der Waals surface area contributed by atoms with Gasteiger partial charge in [0.05, 0.1) is 29.0 Å². The molecule has 4 nitrogen and oxygen atoms in total. The van der Waals surface area contributed by atoms with Gasteiger partial charge >= 0.3 is 0 Å². The Labute approximate surface area is 116 Å². The number of pyridine rings is 2. The molecule has 0 spiro atoms. The second-order valence-corrected chi connectivity index (χ2v) is 4.35. The first-order chi connectivity index (χ1) is 9.88. The topological polar surface area (TPSA) is 61.6 Å². The minimum atomic E-state index is 0.541. The fourth-order valence-corrected chi connectivity index (χ4v) is 2.10. The molecule has 4 heteroatoms. The fourth-order valence-electron chi connectivity index (χ4n) is 2.10. The number of fused-ring (bicyclic) bond motifs is 1. The van der Waals surface area contributed by atoms with E-state index in [4.69, 9.17) is 0 Å². The molecule has 96 valence electrons. The van der Waals surface area contributed by atoms with Crippen LogP contribution in [0.4, 0.5) is 5.69 Å². The first kappa shape index (κ1) is 12.1. The third-order valence-corrected chi connectivity index (χ3v) is 3.07. The minimum Gasteiger partial charge on any atom is -0.378 e. The molecule has 0 aliphatic carbocycles. The van der Waals surface area contributed by atoms with E-state index in [0.717, 1.165) is 22.3 Å². The third kappa shape index (κ3) is 2.29. The summed E-state index contributed by atoms with van der Waals surface area (Å²) in [5.74, 6) is 0. The van der Waals surface area contributed by atoms with Gasteiger partial charge in [0.1, 0.15) is 6.07 Å². The van der Waals surface area contributed by atoms with E-state index in [2.05, 4.69) is 21.4 Å². The van der Waals surface area contributed by atoms with Gasteiger partial charge in [-0.3, -0.25) is 9.97 Å². The molecule has 0 saturated heterocycles. The van der Waals surface area contributed by atoms with Crippen LogP contribution in [0.1, 0.15) is 11.3 Å². The van der Waals surface area contributed by atoms with Crippen LogP contribution in [-0.4, -0.2) is 9.97 Å². The van der Waals surface area contributed by atoms with Crippen molar-refractivity contribution in [1.82, 2.24) is 9.97 Å². The Morgan fingerprint density at radius 1 is 1.05 bits per heavy atom. The van der Waals surface area contributed by atoms with E-state index in [9.17, 15) is 5.26 Å². The first-order valence-corrected chi connectivity index (χ1v) is 6.30. The maximum atomic E-state index is 9.23. The molecule has 0 aliphatic heterocycles. The molecule has 0 amide bonds. The Morgan fingerprint density at radius 2 is 1.90 bits per heavy atom. The fraction of sp³-hybridized carbons (Fsp3) is 0.0625. The SMILES string of the molecule is N#Cc1cnc2ccccc2c1NCc1ccccn1. The number of anilines is 1. The number of nitriles is 1. The number of aromatic nitrogens is 2. The number of hydrogen-bond donors (Lipinski definition) is 1. The van der Waals surface area contributed by atoms with Crippen molar-refractivity contribution in [1.29, 1.82) is 5.26 Å². The largest absolute Gasteiger partial charge is 0.378 e. The zero-order valence-electron chi connectivity index (χ0n) is 10.7. The van der Waals surface area contributed by atoms with Crippen molar-refractivity contribution in [3.05, 3.63) is 66.1 Å². The lowest BCUT2D eigenvalue weighted by Gasteiger charge is -2.10. The standard InChI is InChI=1S/C16H12N4/c17-9-12-10-19-15-7-2-1-6-14(15)16(12)20-11-13-5-3-4-8-18-13/h1-8,10H,11H2,(H,19,20). The van der Waals surface area contributed by atoms with Gasteiger partial charge in [-0.25, -0.2) is 0 Å². The van der Waals surface area contributed by atoms with Crippen molar-refractivity contribution >= 4 is 16.6 Å². The van der Waals surface area contributed by atoms with Gasteiger partial charge in [-0.15, -0.1) is 0 Å². The van der Waals surface area contributed by atoms with Gasteiger partial charge in [0, 0.05) is 17.8 Å². The molecule has 0 bridgehead atoms. The van der Waals surface area contributed by atoms with Crippen LogP contribution in [0.2, 0.25) is 0 Å². The number of nitrogens with one attached hydrogen (secondary N) is 1. The summed E-state index contributed by atoms with van der Waals surface area (Å²) in [5, 5.41) is 13.5. The monoisotopic (exact) mass is 260 g/mol. The Bertz CT molecular complexity index is 775. The highest BCUT2D eigenvalue weighted by Crippen LogP contribution is 2.25. The minimum absolute atomic E-state index is 0.541. The molecule has 3 rings (SSSR count). The van der Waals surface area contributed by atoms with Crippen molar-refractivity contribution in [2.24, 2.45) is 0 Å². The number of nitrogens with zero attached hydrogens (tertiary/aromatic N) is 3. The van der Waals surface area contributed by atoms with Crippen LogP contribution in [0.25, 0.3) is 10.9 Å². The molecule has 3 aromatic rings. The van der Waals surface area contributed by atoms with Crippen LogP contribution in [0.5, 0.6) is 0 Å². The zero-order chi connectivity index (χ0) is 13.8. The van der Waals surface area contributed by atoms with E-state index in [-0.39, 0.29) is 0 Å². The molecule has 20 heavy (non-hydrogen) atoms. The van der Waals surface area contributed by atoms with E-state index >= 15 is 0 Å². The summed E-state index contributed by atoms with van der Waals surface area (Å²) in [4.78, 5) is 8.56. The molecule has 0 unspecified atom stereocenters. The molecule has 0 aliphatic rings. The summed E-state index contributed by atoms with van der Waals surface area (Å²) in [6.45, 7) is 0.573. The lowest BCUT2D eigenvalue weighted by Crippen LogP contribution is -2.04. The Morgan fingerprint density at radius 3 is 2.70 bits per heavy atom. The summed E-state index contributed by atoms with van der Waals surface area (Å²) < 4.78 is 0. The Balaban J connectivity index is 1.99. The Hall–Kier alpha value is -2.93. The maximum absolute atomic E-state index is 9.23. The second-order valence-electron chi connectivity index (χ2n) is 4.35. The molecule has 0 saturated carbocycles. The highest BCUT2D eigenvalue weighted by Gasteiger charge is 2.08. The molecule has 1 aromatic carbocycles. The van der Waals surface area contributed by atoms with Crippen LogP contribution in [0.15, 0.2) is 54.9 Å². The summed E-state index contributed by atoms with van der Waals surface area (Å²) >= 11 is 0. The molecule has 0 fully saturated rings. The van der Waals surface area contributed by atoms with Crippen LogP contribution in [0, 0.1) is 11.3 Å². The van der Waals surface area contributed by atoms with E-state index < -0.39 is 0 Å². The van der Waals surface area contributed by atoms with Gasteiger partial charge in [-0.1, -0.05) is 24.3 Å². The smallest absolute Gasteiger partial charge is 0.103 e. The van der Waals surface area contributed by atoms with Gasteiger partial charge in [0.25, 0.3) is 0 Å². The summed E-state index contributed by atoms with van der Waals surface area (Å²) in [6.07, 6.45) is 3.36. The first-order valence-electron chi connectivity index (χ1n) is 6.30. The number of rotatable bonds is 3. The van der Waals surface area contributed by atoms with Gasteiger partial charge in [-0.05, 0) is 18.2 Å². The normalized spacial score (nSPS) is 10.2. The number of hydrogen-bond acceptors (Lipinski definition) is 4. The summed E-state index contributed by atoms with van der Waals surface area (Å²) in [7, 11) is 0. The van der Waals surface area contributed by atoms with Crippen molar-refractivity contribution in [3.8, 4) is 6.07 Å². The van der Waals surface area contributed by atoms with Crippen LogP contribution >= 0.6 is 0 Å². The number of benzene rings is 1. The van der Waals surface area contributed by atoms with Gasteiger partial charge in [0.15, 0.2) is 0 Å². The van der Waals surface area contributed by atoms with E-state index in [1.165, 1.54) is 0 Å². The van der Waals surface area contributed by atoms with Gasteiger partial charge in [-0.2, -0.15) is 5.26 Å². The van der Waals surface area contributed by atoms with E-state index in [0.29, 0.717) is 12.1 Å². The van der Waals surface area contributed by atoms with Gasteiger partial charge in [0.2, 0.25) is 0 Å². The zero-order valence-corrected chi connectivity index (χ0v) is 10.7. The van der Waals surface area contributed by atoms with Crippen molar-refractivity contribution < 1.29 is 0 Å². The van der Waals surface area contributed by atoms with Crippen molar-refractivity contribution in [3.63, 3.8) is 0 Å². The summed E-state index contributed by atoms with van der Waals surface area (Å²) in [6, 6.07) is 15.7. The van der Waals surface area contributed by atoms with E-state index in [1.807, 2.05) is 42.5 Å². The molecular weight excluding hydrogens is 248 g/mol. The highest BCUT2D eigenvalue weighted by atomic mass is 14.9. The third-order valence-electron chi connectivity index (χ3n) is 3.07. The van der Waals surface area contributed by atoms with Crippen molar-refractivity contribution in [2.45, 2.75) is 6.54 Å². The number of para-hydroxylation sites is 1. The average Bonchev–Trinajstić information content (AvgIpc) is 2.53.